The molecule has 2 aliphatic rings. The zero-order valence-corrected chi connectivity index (χ0v) is 14.4. The van der Waals surface area contributed by atoms with E-state index in [1.165, 1.54) is 0 Å². The Labute approximate surface area is 142 Å². The average molecular weight is 321 g/mol. The van der Waals surface area contributed by atoms with Gasteiger partial charge in [0.25, 0.3) is 0 Å². The maximum absolute atomic E-state index is 13.2. The van der Waals surface area contributed by atoms with Crippen LogP contribution in [0.15, 0.2) is 47.8 Å². The van der Waals surface area contributed by atoms with E-state index in [1.807, 2.05) is 38.6 Å². The van der Waals surface area contributed by atoms with Gasteiger partial charge in [-0.1, -0.05) is 0 Å². The first-order chi connectivity index (χ1) is 11.6. The number of piperidine rings is 1. The van der Waals surface area contributed by atoms with Gasteiger partial charge in [-0.15, -0.1) is 0 Å². The van der Waals surface area contributed by atoms with Gasteiger partial charge in [-0.25, -0.2) is 0 Å². The van der Waals surface area contributed by atoms with E-state index in [9.17, 15) is 4.79 Å². The normalized spacial score (nSPS) is 27.5. The molecule has 2 fully saturated rings. The van der Waals surface area contributed by atoms with E-state index in [0.29, 0.717) is 0 Å². The van der Waals surface area contributed by atoms with Gasteiger partial charge in [-0.3, -0.25) is 9.69 Å². The van der Waals surface area contributed by atoms with Crippen molar-refractivity contribution >= 4 is 17.9 Å². The number of hydrogen-bond donors (Lipinski definition) is 0. The van der Waals surface area contributed by atoms with Crippen LogP contribution in [-0.4, -0.2) is 38.9 Å². The number of rotatable bonds is 2. The Hall–Kier alpha value is -2.33. The lowest BCUT2D eigenvalue weighted by atomic mass is 9.89. The summed E-state index contributed by atoms with van der Waals surface area (Å²) in [7, 11) is 6.18. The fourth-order valence-electron chi connectivity index (χ4n) is 4.05. The molecular formula is C20H23N3O. The fourth-order valence-corrected chi connectivity index (χ4v) is 4.05. The highest BCUT2D eigenvalue weighted by atomic mass is 16.1. The summed E-state index contributed by atoms with van der Waals surface area (Å²) in [5, 5.41) is 0. The van der Waals surface area contributed by atoms with Crippen LogP contribution >= 0.6 is 0 Å². The maximum atomic E-state index is 13.2. The van der Waals surface area contributed by atoms with Gasteiger partial charge in [0.2, 0.25) is 0 Å². The summed E-state index contributed by atoms with van der Waals surface area (Å²) in [4.78, 5) is 15.6. The van der Waals surface area contributed by atoms with Crippen LogP contribution in [0, 0.1) is 0 Å². The molecule has 4 nitrogen and oxygen atoms in total. The summed E-state index contributed by atoms with van der Waals surface area (Å²) in [5.74, 6) is 0.211. The molecule has 2 aromatic heterocycles. The van der Waals surface area contributed by atoms with Crippen LogP contribution in [0.4, 0.5) is 0 Å². The van der Waals surface area contributed by atoms with Crippen LogP contribution in [0.5, 0.6) is 0 Å². The number of Topliss-reactive ketones (excluding diaryl/α,β-unsaturated/α-hetero) is 1. The Morgan fingerprint density at radius 1 is 0.875 bits per heavy atom. The summed E-state index contributed by atoms with van der Waals surface area (Å²) >= 11 is 0. The molecule has 2 atom stereocenters. The SMILES string of the molecule is CN1[C@H]2CC[C@H]1/C(=C/c1cccn1C)C(=O)/C2=C\c1cccn1C. The van der Waals surface area contributed by atoms with Crippen molar-refractivity contribution in [3.63, 3.8) is 0 Å². The van der Waals surface area contributed by atoms with Crippen molar-refractivity contribution < 1.29 is 4.79 Å². The summed E-state index contributed by atoms with van der Waals surface area (Å²) in [6, 6.07) is 8.62. The van der Waals surface area contributed by atoms with Crippen molar-refractivity contribution in [2.24, 2.45) is 14.1 Å². The van der Waals surface area contributed by atoms with E-state index >= 15 is 0 Å². The van der Waals surface area contributed by atoms with Crippen LogP contribution in [0.1, 0.15) is 24.2 Å². The van der Waals surface area contributed by atoms with Gasteiger partial charge in [0.05, 0.1) is 0 Å². The predicted molar refractivity (Wildman–Crippen MR) is 96.4 cm³/mol. The largest absolute Gasteiger partial charge is 0.351 e. The Bertz CT molecular complexity index is 784. The van der Waals surface area contributed by atoms with Crippen molar-refractivity contribution in [3.05, 3.63) is 59.2 Å². The lowest BCUT2D eigenvalue weighted by molar-refractivity contribution is -0.114. The third-order valence-corrected chi connectivity index (χ3v) is 5.51. The van der Waals surface area contributed by atoms with Crippen LogP contribution in [0.25, 0.3) is 12.2 Å². The highest BCUT2D eigenvalue weighted by Gasteiger charge is 2.44. The van der Waals surface area contributed by atoms with Gasteiger partial charge in [0.15, 0.2) is 5.78 Å². The van der Waals surface area contributed by atoms with Gasteiger partial charge >= 0.3 is 0 Å². The summed E-state index contributed by atoms with van der Waals surface area (Å²) in [6.45, 7) is 0. The molecule has 4 heterocycles. The van der Waals surface area contributed by atoms with E-state index in [4.69, 9.17) is 0 Å². The van der Waals surface area contributed by atoms with E-state index in [2.05, 4.69) is 45.4 Å². The minimum absolute atomic E-state index is 0.211. The molecule has 2 aromatic rings. The fraction of sp³-hybridized carbons (Fsp3) is 0.350. The second-order valence-electron chi connectivity index (χ2n) is 6.89. The van der Waals surface area contributed by atoms with E-state index in [-0.39, 0.29) is 17.9 Å². The van der Waals surface area contributed by atoms with E-state index < -0.39 is 0 Å². The minimum Gasteiger partial charge on any atom is -0.351 e. The van der Waals surface area contributed by atoms with Crippen molar-refractivity contribution in [1.82, 2.24) is 14.0 Å². The topological polar surface area (TPSA) is 30.2 Å². The third kappa shape index (κ3) is 2.29. The number of carbonyl (C=O) groups excluding carboxylic acids is 1. The molecule has 2 aliphatic heterocycles. The molecule has 0 amide bonds. The number of fused-ring (bicyclic) bond motifs is 2. The molecule has 0 unspecified atom stereocenters. The maximum Gasteiger partial charge on any atom is 0.188 e. The van der Waals surface area contributed by atoms with Crippen molar-refractivity contribution in [3.8, 4) is 0 Å². The molecule has 0 aromatic carbocycles. The Morgan fingerprint density at radius 3 is 1.71 bits per heavy atom. The molecule has 0 N–H and O–H groups in total. The Kier molecular flexibility index (Phi) is 3.57. The first-order valence-corrected chi connectivity index (χ1v) is 8.49. The van der Waals surface area contributed by atoms with Crippen LogP contribution in [-0.2, 0) is 18.9 Å². The Balaban J connectivity index is 1.81. The monoisotopic (exact) mass is 321 g/mol. The molecule has 24 heavy (non-hydrogen) atoms. The molecule has 124 valence electrons. The number of ketones is 1. The molecule has 2 bridgehead atoms. The quantitative estimate of drug-likeness (QED) is 0.796. The first-order valence-electron chi connectivity index (χ1n) is 8.49. The minimum atomic E-state index is 0.211. The van der Waals surface area contributed by atoms with Gasteiger partial charge < -0.3 is 9.13 Å². The lowest BCUT2D eigenvalue weighted by Crippen LogP contribution is -2.43. The highest BCUT2D eigenvalue weighted by Crippen LogP contribution is 2.40. The lowest BCUT2D eigenvalue weighted by Gasteiger charge is -2.34. The standard InChI is InChI=1S/C20H23N3O/c1-21-10-4-6-14(21)12-16-18-8-9-19(23(18)3)17(20(16)24)13-15-7-5-11-22(15)2/h4-7,10-13,18-19H,8-9H2,1-3H3/b16-12-,17-13-/t18-,19-/m0/s1. The van der Waals surface area contributed by atoms with E-state index in [0.717, 1.165) is 35.4 Å². The Morgan fingerprint density at radius 2 is 1.33 bits per heavy atom. The molecule has 0 spiro atoms. The summed E-state index contributed by atoms with van der Waals surface area (Å²) in [5.41, 5.74) is 4.01. The van der Waals surface area contributed by atoms with E-state index in [1.54, 1.807) is 0 Å². The molecule has 2 saturated heterocycles. The van der Waals surface area contributed by atoms with Crippen molar-refractivity contribution in [1.29, 1.82) is 0 Å². The molecule has 0 aliphatic carbocycles. The average Bonchev–Trinajstić information content (AvgIpc) is 3.22. The van der Waals surface area contributed by atoms with Gasteiger partial charge in [0.1, 0.15) is 0 Å². The molecule has 0 saturated carbocycles. The second kappa shape index (κ2) is 5.64. The molecule has 0 radical (unpaired) electrons. The summed E-state index contributed by atoms with van der Waals surface area (Å²) < 4.78 is 4.11. The molecule has 4 heteroatoms. The summed E-state index contributed by atoms with van der Waals surface area (Å²) in [6.07, 6.45) is 10.3. The number of aromatic nitrogens is 2. The molecular weight excluding hydrogens is 298 g/mol. The van der Waals surface area contributed by atoms with Crippen LogP contribution in [0.3, 0.4) is 0 Å². The number of nitrogens with zero attached hydrogens (tertiary/aromatic N) is 3. The van der Waals surface area contributed by atoms with Gasteiger partial charge in [-0.2, -0.15) is 0 Å². The van der Waals surface area contributed by atoms with Gasteiger partial charge in [-0.05, 0) is 56.3 Å². The van der Waals surface area contributed by atoms with Crippen molar-refractivity contribution in [2.45, 2.75) is 24.9 Å². The van der Waals surface area contributed by atoms with Gasteiger partial charge in [0, 0.05) is 61.1 Å². The number of carbonyl (C=O) groups is 1. The zero-order valence-electron chi connectivity index (χ0n) is 14.4. The van der Waals surface area contributed by atoms with Crippen LogP contribution in [0.2, 0.25) is 0 Å². The third-order valence-electron chi connectivity index (χ3n) is 5.51. The zero-order chi connectivity index (χ0) is 16.8. The smallest absolute Gasteiger partial charge is 0.188 e. The molecule has 4 rings (SSSR count). The second-order valence-corrected chi connectivity index (χ2v) is 6.89. The van der Waals surface area contributed by atoms with Crippen molar-refractivity contribution in [2.75, 3.05) is 7.05 Å². The predicted octanol–water partition coefficient (Wildman–Crippen LogP) is 2.88. The first kappa shape index (κ1) is 15.2. The number of aryl methyl sites for hydroxylation is 2. The van der Waals surface area contributed by atoms with Crippen LogP contribution < -0.4 is 0 Å². The number of hydrogen-bond acceptors (Lipinski definition) is 2. The highest BCUT2D eigenvalue weighted by molar-refractivity contribution is 6.16. The number of likely N-dealkylation sites (N-methyl/N-ethyl adjacent to an activating group) is 1.